The van der Waals surface area contributed by atoms with Crippen LogP contribution in [0.3, 0.4) is 0 Å². The molecule has 6 nitrogen and oxygen atoms in total. The van der Waals surface area contributed by atoms with Crippen LogP contribution in [0.15, 0.2) is 0 Å². The van der Waals surface area contributed by atoms with E-state index < -0.39 is 23.8 Å². The Bertz CT molecular complexity index is 410. The van der Waals surface area contributed by atoms with Crippen LogP contribution >= 0.6 is 0 Å². The second-order valence-corrected chi connectivity index (χ2v) is 5.64. The van der Waals surface area contributed by atoms with Crippen LogP contribution in [0.5, 0.6) is 0 Å². The number of aliphatic carboxylic acids is 1. The fraction of sp³-hybridized carbons (Fsp3) is 0.786. The first-order chi connectivity index (χ1) is 9.56. The second-order valence-electron chi connectivity index (χ2n) is 5.64. The Morgan fingerprint density at radius 1 is 1.05 bits per heavy atom. The molecule has 2 fully saturated rings. The molecule has 112 valence electrons. The van der Waals surface area contributed by atoms with Crippen molar-refractivity contribution in [2.24, 2.45) is 11.8 Å². The Labute approximate surface area is 118 Å². The maximum atomic E-state index is 12.6. The molecule has 1 heterocycles. The molecule has 0 spiro atoms. The number of hydrogen-bond acceptors (Lipinski definition) is 3. The van der Waals surface area contributed by atoms with Gasteiger partial charge in [-0.25, -0.2) is 0 Å². The van der Waals surface area contributed by atoms with Gasteiger partial charge in [-0.2, -0.15) is 0 Å². The summed E-state index contributed by atoms with van der Waals surface area (Å²) in [6.07, 6.45) is 4.39. The summed E-state index contributed by atoms with van der Waals surface area (Å²) in [6.45, 7) is 0.555. The van der Waals surface area contributed by atoms with Gasteiger partial charge in [-0.05, 0) is 25.7 Å². The average Bonchev–Trinajstić information content (AvgIpc) is 2.95. The topological polar surface area (TPSA) is 86.7 Å². The molecule has 1 saturated heterocycles. The summed E-state index contributed by atoms with van der Waals surface area (Å²) in [5.41, 5.74) is 0. The Kier molecular flexibility index (Phi) is 4.62. The van der Waals surface area contributed by atoms with E-state index in [0.717, 1.165) is 19.3 Å². The first kappa shape index (κ1) is 14.8. The molecule has 0 aromatic carbocycles. The van der Waals surface area contributed by atoms with Gasteiger partial charge in [-0.3, -0.25) is 14.4 Å². The molecule has 2 rings (SSSR count). The van der Waals surface area contributed by atoms with E-state index in [2.05, 4.69) is 5.32 Å². The lowest BCUT2D eigenvalue weighted by Crippen LogP contribution is -2.49. The molecular weight excluding hydrogens is 260 g/mol. The quantitative estimate of drug-likeness (QED) is 0.794. The minimum atomic E-state index is -0.890. The molecule has 3 unspecified atom stereocenters. The molecule has 1 saturated carbocycles. The molecular formula is C14H22N2O4. The van der Waals surface area contributed by atoms with Gasteiger partial charge in [-0.1, -0.05) is 12.8 Å². The van der Waals surface area contributed by atoms with Crippen LogP contribution in [0, 0.1) is 11.8 Å². The van der Waals surface area contributed by atoms with Crippen molar-refractivity contribution in [3.05, 3.63) is 0 Å². The SMILES string of the molecule is CNC(=O)C1CCCN1C(=O)C1CCCCC1C(=O)O. The smallest absolute Gasteiger partial charge is 0.307 e. The zero-order valence-corrected chi connectivity index (χ0v) is 11.8. The predicted octanol–water partition coefficient (Wildman–Crippen LogP) is 0.614. The second kappa shape index (κ2) is 6.24. The molecule has 0 bridgehead atoms. The summed E-state index contributed by atoms with van der Waals surface area (Å²) in [5.74, 6) is -2.26. The highest BCUT2D eigenvalue weighted by Crippen LogP contribution is 2.33. The van der Waals surface area contributed by atoms with Crippen LogP contribution < -0.4 is 5.32 Å². The highest BCUT2D eigenvalue weighted by Gasteiger charge is 2.42. The van der Waals surface area contributed by atoms with Gasteiger partial charge < -0.3 is 15.3 Å². The summed E-state index contributed by atoms with van der Waals surface area (Å²) >= 11 is 0. The van der Waals surface area contributed by atoms with Gasteiger partial charge in [0.15, 0.2) is 0 Å². The highest BCUT2D eigenvalue weighted by atomic mass is 16.4. The number of likely N-dealkylation sites (tertiary alicyclic amines) is 1. The van der Waals surface area contributed by atoms with E-state index in [0.29, 0.717) is 25.8 Å². The summed E-state index contributed by atoms with van der Waals surface area (Å²) < 4.78 is 0. The van der Waals surface area contributed by atoms with Crippen LogP contribution in [0.2, 0.25) is 0 Å². The number of nitrogens with one attached hydrogen (secondary N) is 1. The van der Waals surface area contributed by atoms with Gasteiger partial charge in [-0.15, -0.1) is 0 Å². The summed E-state index contributed by atoms with van der Waals surface area (Å²) in [5, 5.41) is 11.9. The molecule has 2 amide bonds. The molecule has 3 atom stereocenters. The van der Waals surface area contributed by atoms with Crippen LogP contribution in [0.1, 0.15) is 38.5 Å². The van der Waals surface area contributed by atoms with Gasteiger partial charge in [0.05, 0.1) is 11.8 Å². The molecule has 1 aliphatic heterocycles. The van der Waals surface area contributed by atoms with E-state index in [1.807, 2.05) is 0 Å². The van der Waals surface area contributed by atoms with Crippen LogP contribution in [-0.4, -0.2) is 47.4 Å². The summed E-state index contributed by atoms with van der Waals surface area (Å²) in [4.78, 5) is 37.3. The van der Waals surface area contributed by atoms with Crippen LogP contribution in [0.25, 0.3) is 0 Å². The molecule has 1 aliphatic carbocycles. The van der Waals surface area contributed by atoms with Crippen molar-refractivity contribution in [1.82, 2.24) is 10.2 Å². The van der Waals surface area contributed by atoms with Crippen LogP contribution in [-0.2, 0) is 14.4 Å². The lowest BCUT2D eigenvalue weighted by Gasteiger charge is -2.33. The minimum absolute atomic E-state index is 0.150. The van der Waals surface area contributed by atoms with Gasteiger partial charge in [0.1, 0.15) is 6.04 Å². The third kappa shape index (κ3) is 2.78. The summed E-state index contributed by atoms with van der Waals surface area (Å²) in [7, 11) is 1.56. The van der Waals surface area contributed by atoms with E-state index in [-0.39, 0.29) is 11.8 Å². The normalized spacial score (nSPS) is 30.1. The maximum absolute atomic E-state index is 12.6. The minimum Gasteiger partial charge on any atom is -0.481 e. The van der Waals surface area contributed by atoms with E-state index in [1.165, 1.54) is 0 Å². The summed E-state index contributed by atoms with van der Waals surface area (Å²) in [6, 6.07) is -0.427. The number of likely N-dealkylation sites (N-methyl/N-ethyl adjacent to an activating group) is 1. The standard InChI is InChI=1S/C14H22N2O4/c1-15-12(17)11-7-4-8-16(11)13(18)9-5-2-3-6-10(9)14(19)20/h9-11H,2-8H2,1H3,(H,15,17)(H,19,20). The largest absolute Gasteiger partial charge is 0.481 e. The van der Waals surface area contributed by atoms with Crippen molar-refractivity contribution in [2.75, 3.05) is 13.6 Å². The van der Waals surface area contributed by atoms with Crippen molar-refractivity contribution in [3.8, 4) is 0 Å². The lowest BCUT2D eigenvalue weighted by molar-refractivity contribution is -0.153. The van der Waals surface area contributed by atoms with Crippen molar-refractivity contribution >= 4 is 17.8 Å². The Morgan fingerprint density at radius 2 is 1.70 bits per heavy atom. The predicted molar refractivity (Wildman–Crippen MR) is 71.9 cm³/mol. The molecule has 0 radical (unpaired) electrons. The number of amides is 2. The van der Waals surface area contributed by atoms with E-state index in [1.54, 1.807) is 11.9 Å². The van der Waals surface area contributed by atoms with Gasteiger partial charge >= 0.3 is 5.97 Å². The lowest BCUT2D eigenvalue weighted by atomic mass is 9.78. The zero-order chi connectivity index (χ0) is 14.7. The number of carboxylic acids is 1. The number of hydrogen-bond donors (Lipinski definition) is 2. The molecule has 0 aromatic heterocycles. The number of rotatable bonds is 3. The van der Waals surface area contributed by atoms with E-state index in [4.69, 9.17) is 0 Å². The van der Waals surface area contributed by atoms with Crippen molar-refractivity contribution in [3.63, 3.8) is 0 Å². The Balaban J connectivity index is 2.12. The van der Waals surface area contributed by atoms with Gasteiger partial charge in [0, 0.05) is 13.6 Å². The fourth-order valence-corrected chi connectivity index (χ4v) is 3.40. The number of nitrogens with zero attached hydrogens (tertiary/aromatic N) is 1. The van der Waals surface area contributed by atoms with E-state index >= 15 is 0 Å². The molecule has 6 heteroatoms. The monoisotopic (exact) mass is 282 g/mol. The first-order valence-corrected chi connectivity index (χ1v) is 7.31. The van der Waals surface area contributed by atoms with Crippen molar-refractivity contribution in [1.29, 1.82) is 0 Å². The molecule has 2 N–H and O–H groups in total. The number of carbonyl (C=O) groups is 3. The molecule has 20 heavy (non-hydrogen) atoms. The third-order valence-electron chi connectivity index (χ3n) is 4.49. The van der Waals surface area contributed by atoms with Gasteiger partial charge in [0.25, 0.3) is 0 Å². The molecule has 0 aromatic rings. The van der Waals surface area contributed by atoms with Crippen molar-refractivity contribution < 1.29 is 19.5 Å². The Hall–Kier alpha value is -1.59. The zero-order valence-electron chi connectivity index (χ0n) is 11.8. The fourth-order valence-electron chi connectivity index (χ4n) is 3.40. The third-order valence-corrected chi connectivity index (χ3v) is 4.49. The molecule has 2 aliphatic rings. The van der Waals surface area contributed by atoms with Crippen LogP contribution in [0.4, 0.5) is 0 Å². The highest BCUT2D eigenvalue weighted by molar-refractivity contribution is 5.91. The number of carbonyl (C=O) groups excluding carboxylic acids is 2. The number of carboxylic acid groups (broad SMARTS) is 1. The average molecular weight is 282 g/mol. The van der Waals surface area contributed by atoms with Crippen molar-refractivity contribution in [2.45, 2.75) is 44.6 Å². The Morgan fingerprint density at radius 3 is 2.30 bits per heavy atom. The van der Waals surface area contributed by atoms with Gasteiger partial charge in [0.2, 0.25) is 11.8 Å². The maximum Gasteiger partial charge on any atom is 0.307 e. The first-order valence-electron chi connectivity index (χ1n) is 7.31. The van der Waals surface area contributed by atoms with E-state index in [9.17, 15) is 19.5 Å².